The van der Waals surface area contributed by atoms with Crippen LogP contribution in [0, 0.1) is 10.1 Å². The first-order valence-corrected chi connectivity index (χ1v) is 8.96. The first-order valence-electron chi connectivity index (χ1n) is 8.96. The zero-order valence-electron chi connectivity index (χ0n) is 16.1. The van der Waals surface area contributed by atoms with E-state index < -0.39 is 11.0 Å². The first kappa shape index (κ1) is 19.6. The zero-order valence-corrected chi connectivity index (χ0v) is 16.1. The summed E-state index contributed by atoms with van der Waals surface area (Å²) in [4.78, 5) is 25.4. The molecule has 1 aliphatic rings. The second-order valence-corrected chi connectivity index (χ2v) is 6.64. The van der Waals surface area contributed by atoms with E-state index in [4.69, 9.17) is 9.47 Å². The van der Waals surface area contributed by atoms with Crippen molar-refractivity contribution in [2.75, 3.05) is 26.1 Å². The fourth-order valence-corrected chi connectivity index (χ4v) is 3.38. The number of hydrogen-bond donors (Lipinski definition) is 1. The summed E-state index contributed by atoms with van der Waals surface area (Å²) in [5.41, 5.74) is 2.33. The van der Waals surface area contributed by atoms with Gasteiger partial charge in [0.05, 0.1) is 25.2 Å². The Morgan fingerprint density at radius 3 is 2.46 bits per heavy atom. The number of ether oxygens (including phenoxy) is 2. The Morgan fingerprint density at radius 2 is 1.82 bits per heavy atom. The van der Waals surface area contributed by atoms with Crippen LogP contribution < -0.4 is 14.8 Å². The molecular weight excluding hydrogens is 362 g/mol. The van der Waals surface area contributed by atoms with Crippen LogP contribution in [0.4, 0.5) is 11.4 Å². The summed E-state index contributed by atoms with van der Waals surface area (Å²) < 4.78 is 10.7. The maximum Gasteiger partial charge on any atom is 0.292 e. The average molecular weight is 385 g/mol. The van der Waals surface area contributed by atoms with E-state index >= 15 is 0 Å². The maximum absolute atomic E-state index is 12.7. The van der Waals surface area contributed by atoms with Crippen molar-refractivity contribution in [1.29, 1.82) is 0 Å². The Bertz CT molecular complexity index is 899. The van der Waals surface area contributed by atoms with Crippen molar-refractivity contribution in [2.24, 2.45) is 0 Å². The highest BCUT2D eigenvalue weighted by Gasteiger charge is 2.27. The van der Waals surface area contributed by atoms with Gasteiger partial charge in [0.15, 0.2) is 11.5 Å². The standard InChI is InChI=1S/C20H23N3O5/c1-13(20(24)21-16-6-4-5-7-17(16)23(25)26)22-9-8-14-10-18(27-2)19(28-3)11-15(14)12-22/h4-7,10-11,13H,8-9,12H2,1-3H3,(H,21,24)/t13-/m0/s1. The molecule has 0 saturated carbocycles. The van der Waals surface area contributed by atoms with Gasteiger partial charge in [-0.25, -0.2) is 0 Å². The van der Waals surface area contributed by atoms with Crippen LogP contribution in [0.15, 0.2) is 36.4 Å². The quantitative estimate of drug-likeness (QED) is 0.607. The van der Waals surface area contributed by atoms with Gasteiger partial charge >= 0.3 is 0 Å². The second-order valence-electron chi connectivity index (χ2n) is 6.64. The van der Waals surface area contributed by atoms with Crippen LogP contribution in [0.3, 0.4) is 0 Å². The number of fused-ring (bicyclic) bond motifs is 1. The third-order valence-corrected chi connectivity index (χ3v) is 5.03. The number of anilines is 1. The van der Waals surface area contributed by atoms with Gasteiger partial charge in [-0.1, -0.05) is 12.1 Å². The van der Waals surface area contributed by atoms with E-state index in [0.717, 1.165) is 12.0 Å². The molecule has 2 aromatic carbocycles. The average Bonchev–Trinajstić information content (AvgIpc) is 2.71. The van der Waals surface area contributed by atoms with Gasteiger partial charge in [0.2, 0.25) is 5.91 Å². The fourth-order valence-electron chi connectivity index (χ4n) is 3.38. The lowest BCUT2D eigenvalue weighted by atomic mass is 9.97. The van der Waals surface area contributed by atoms with E-state index in [1.807, 2.05) is 17.0 Å². The molecule has 0 unspecified atom stereocenters. The molecule has 0 aliphatic carbocycles. The Balaban J connectivity index is 1.75. The van der Waals surface area contributed by atoms with Crippen LogP contribution in [0.1, 0.15) is 18.1 Å². The summed E-state index contributed by atoms with van der Waals surface area (Å²) in [6.45, 7) is 3.09. The number of nitrogens with zero attached hydrogens (tertiary/aromatic N) is 2. The lowest BCUT2D eigenvalue weighted by Crippen LogP contribution is -2.44. The third kappa shape index (κ3) is 3.91. The van der Waals surface area contributed by atoms with E-state index in [1.165, 1.54) is 17.7 Å². The van der Waals surface area contributed by atoms with Gasteiger partial charge < -0.3 is 14.8 Å². The van der Waals surface area contributed by atoms with Crippen molar-refractivity contribution in [1.82, 2.24) is 4.90 Å². The number of para-hydroxylation sites is 2. The molecule has 0 bridgehead atoms. The zero-order chi connectivity index (χ0) is 20.3. The van der Waals surface area contributed by atoms with E-state index in [-0.39, 0.29) is 17.3 Å². The fraction of sp³-hybridized carbons (Fsp3) is 0.350. The Labute approximate surface area is 163 Å². The van der Waals surface area contributed by atoms with E-state index in [0.29, 0.717) is 24.6 Å². The number of nitrogens with one attached hydrogen (secondary N) is 1. The van der Waals surface area contributed by atoms with Crippen LogP contribution in [-0.2, 0) is 17.8 Å². The van der Waals surface area contributed by atoms with Crippen molar-refractivity contribution in [2.45, 2.75) is 25.9 Å². The van der Waals surface area contributed by atoms with Gasteiger partial charge in [-0.15, -0.1) is 0 Å². The van der Waals surface area contributed by atoms with Gasteiger partial charge in [0.25, 0.3) is 5.69 Å². The number of amides is 1. The molecule has 0 saturated heterocycles. The monoisotopic (exact) mass is 385 g/mol. The van der Waals surface area contributed by atoms with Crippen molar-refractivity contribution in [3.63, 3.8) is 0 Å². The summed E-state index contributed by atoms with van der Waals surface area (Å²) in [7, 11) is 3.20. The molecule has 0 spiro atoms. The predicted octanol–water partition coefficient (Wildman–Crippen LogP) is 3.00. The molecule has 28 heavy (non-hydrogen) atoms. The van der Waals surface area contributed by atoms with Crippen LogP contribution in [0.5, 0.6) is 11.5 Å². The SMILES string of the molecule is COc1cc2c(cc1OC)CN([C@@H](C)C(=O)Nc1ccccc1[N+](=O)[O-])CC2. The number of rotatable bonds is 6. The minimum Gasteiger partial charge on any atom is -0.493 e. The minimum absolute atomic E-state index is 0.121. The Kier molecular flexibility index (Phi) is 5.79. The van der Waals surface area contributed by atoms with Gasteiger partial charge in [0.1, 0.15) is 5.69 Å². The van der Waals surface area contributed by atoms with Gasteiger partial charge in [0, 0.05) is 19.2 Å². The number of carbonyl (C=O) groups excluding carboxylic acids is 1. The molecule has 8 heteroatoms. The number of hydrogen-bond acceptors (Lipinski definition) is 6. The number of nitro groups is 1. The molecule has 148 valence electrons. The lowest BCUT2D eigenvalue weighted by molar-refractivity contribution is -0.383. The molecule has 8 nitrogen and oxygen atoms in total. The number of methoxy groups -OCH3 is 2. The van der Waals surface area contributed by atoms with E-state index in [9.17, 15) is 14.9 Å². The molecule has 3 rings (SSSR count). The summed E-state index contributed by atoms with van der Waals surface area (Å²) >= 11 is 0. The van der Waals surface area contributed by atoms with Crippen LogP contribution in [-0.4, -0.2) is 42.5 Å². The molecule has 0 fully saturated rings. The number of nitro benzene ring substituents is 1. The third-order valence-electron chi connectivity index (χ3n) is 5.03. The van der Waals surface area contributed by atoms with Crippen molar-refractivity contribution < 1.29 is 19.2 Å². The molecule has 1 atom stereocenters. The molecule has 1 N–H and O–H groups in total. The lowest BCUT2D eigenvalue weighted by Gasteiger charge is -2.33. The minimum atomic E-state index is -0.503. The van der Waals surface area contributed by atoms with Crippen LogP contribution in [0.25, 0.3) is 0 Å². The van der Waals surface area contributed by atoms with Crippen LogP contribution in [0.2, 0.25) is 0 Å². The molecule has 0 aromatic heterocycles. The van der Waals surface area contributed by atoms with Gasteiger partial charge in [-0.2, -0.15) is 0 Å². The summed E-state index contributed by atoms with van der Waals surface area (Å²) in [6.07, 6.45) is 0.777. The summed E-state index contributed by atoms with van der Waals surface area (Å²) in [5.74, 6) is 1.07. The van der Waals surface area contributed by atoms with Gasteiger partial charge in [-0.05, 0) is 42.7 Å². The molecule has 1 amide bonds. The first-order chi connectivity index (χ1) is 13.4. The van der Waals surface area contributed by atoms with E-state index in [1.54, 1.807) is 33.3 Å². The number of carbonyl (C=O) groups is 1. The summed E-state index contributed by atoms with van der Waals surface area (Å²) in [5, 5.41) is 13.8. The Morgan fingerprint density at radius 1 is 1.18 bits per heavy atom. The molecule has 1 aliphatic heterocycles. The van der Waals surface area contributed by atoms with Crippen molar-refractivity contribution in [3.8, 4) is 11.5 Å². The summed E-state index contributed by atoms with van der Waals surface area (Å²) in [6, 6.07) is 9.60. The Hall–Kier alpha value is -3.13. The van der Waals surface area contributed by atoms with Crippen LogP contribution >= 0.6 is 0 Å². The largest absolute Gasteiger partial charge is 0.493 e. The highest BCUT2D eigenvalue weighted by molar-refractivity contribution is 5.96. The maximum atomic E-state index is 12.7. The topological polar surface area (TPSA) is 93.9 Å². The van der Waals surface area contributed by atoms with Crippen molar-refractivity contribution >= 4 is 17.3 Å². The van der Waals surface area contributed by atoms with Crippen molar-refractivity contribution in [3.05, 3.63) is 57.6 Å². The molecule has 0 radical (unpaired) electrons. The molecule has 1 heterocycles. The highest BCUT2D eigenvalue weighted by Crippen LogP contribution is 2.33. The van der Waals surface area contributed by atoms with E-state index in [2.05, 4.69) is 5.32 Å². The normalized spacial score (nSPS) is 14.7. The second kappa shape index (κ2) is 8.26. The van der Waals surface area contributed by atoms with Gasteiger partial charge in [-0.3, -0.25) is 19.8 Å². The molecular formula is C20H23N3O5. The molecule has 2 aromatic rings. The number of benzene rings is 2. The highest BCUT2D eigenvalue weighted by atomic mass is 16.6. The smallest absolute Gasteiger partial charge is 0.292 e. The predicted molar refractivity (Wildman–Crippen MR) is 105 cm³/mol.